The summed E-state index contributed by atoms with van der Waals surface area (Å²) < 4.78 is 6.83. The van der Waals surface area contributed by atoms with Crippen LogP contribution < -0.4 is 11.5 Å². The lowest BCUT2D eigenvalue weighted by molar-refractivity contribution is 0.425. The molecular weight excluding hydrogens is 252 g/mol. The van der Waals surface area contributed by atoms with Gasteiger partial charge in [0.15, 0.2) is 5.58 Å². The molecule has 0 aliphatic heterocycles. The highest BCUT2D eigenvalue weighted by Gasteiger charge is 2.12. The molecule has 4 nitrogen and oxygen atoms in total. The Morgan fingerprint density at radius 2 is 2.00 bits per heavy atom. The summed E-state index contributed by atoms with van der Waals surface area (Å²) in [7, 11) is 0. The predicted molar refractivity (Wildman–Crippen MR) is 75.2 cm³/mol. The van der Waals surface area contributed by atoms with E-state index >= 15 is 0 Å². The summed E-state index contributed by atoms with van der Waals surface area (Å²) in [4.78, 5) is 11.7. The van der Waals surface area contributed by atoms with Crippen LogP contribution in [0.3, 0.4) is 0 Å². The zero-order chi connectivity index (χ0) is 12.5. The van der Waals surface area contributed by atoms with Crippen molar-refractivity contribution in [1.82, 2.24) is 4.57 Å². The van der Waals surface area contributed by atoms with E-state index in [0.717, 1.165) is 18.4 Å². The zero-order valence-corrected chi connectivity index (χ0v) is 11.5. The van der Waals surface area contributed by atoms with Gasteiger partial charge in [-0.25, -0.2) is 4.79 Å². The molecule has 0 aliphatic carbocycles. The maximum atomic E-state index is 11.7. The number of fused-ring (bicyclic) bond motifs is 1. The second-order valence-corrected chi connectivity index (χ2v) is 5.08. The van der Waals surface area contributed by atoms with Crippen LogP contribution >= 0.6 is 12.4 Å². The molecule has 0 aliphatic rings. The number of hydrogen-bond donors (Lipinski definition) is 1. The number of hydrogen-bond acceptors (Lipinski definition) is 3. The SMILES string of the molecule is CC(C)(N)CCCn1c(=O)oc2ccccc21.Cl. The van der Waals surface area contributed by atoms with Crippen LogP contribution in [-0.4, -0.2) is 10.1 Å². The summed E-state index contributed by atoms with van der Waals surface area (Å²) in [6, 6.07) is 7.47. The van der Waals surface area contributed by atoms with Gasteiger partial charge in [0.05, 0.1) is 5.52 Å². The highest BCUT2D eigenvalue weighted by atomic mass is 35.5. The third-order valence-electron chi connectivity index (χ3n) is 2.78. The summed E-state index contributed by atoms with van der Waals surface area (Å²) in [6.45, 7) is 4.63. The molecule has 1 aromatic heterocycles. The van der Waals surface area contributed by atoms with Crippen LogP contribution in [0.15, 0.2) is 33.5 Å². The molecule has 0 spiro atoms. The number of rotatable bonds is 4. The Labute approximate surface area is 112 Å². The first kappa shape index (κ1) is 14.8. The first-order chi connectivity index (χ1) is 7.97. The van der Waals surface area contributed by atoms with E-state index in [4.69, 9.17) is 10.2 Å². The largest absolute Gasteiger partial charge is 0.419 e. The lowest BCUT2D eigenvalue weighted by Crippen LogP contribution is -2.32. The van der Waals surface area contributed by atoms with Crippen LogP contribution in [-0.2, 0) is 6.54 Å². The molecule has 18 heavy (non-hydrogen) atoms. The van der Waals surface area contributed by atoms with Crippen molar-refractivity contribution in [2.24, 2.45) is 5.73 Å². The van der Waals surface area contributed by atoms with Gasteiger partial charge in [0.2, 0.25) is 0 Å². The smallest absolute Gasteiger partial charge is 0.408 e. The average molecular weight is 271 g/mol. The van der Waals surface area contributed by atoms with Gasteiger partial charge in [0.25, 0.3) is 0 Å². The van der Waals surface area contributed by atoms with Crippen molar-refractivity contribution < 1.29 is 4.42 Å². The van der Waals surface area contributed by atoms with E-state index < -0.39 is 0 Å². The molecule has 0 unspecified atom stereocenters. The van der Waals surface area contributed by atoms with Gasteiger partial charge in [0.1, 0.15) is 0 Å². The maximum absolute atomic E-state index is 11.7. The topological polar surface area (TPSA) is 61.2 Å². The van der Waals surface area contributed by atoms with E-state index in [0.29, 0.717) is 12.1 Å². The quantitative estimate of drug-likeness (QED) is 0.929. The summed E-state index contributed by atoms with van der Waals surface area (Å²) in [5, 5.41) is 0. The second kappa shape index (κ2) is 5.59. The Kier molecular flexibility index (Phi) is 4.59. The van der Waals surface area contributed by atoms with Gasteiger partial charge in [-0.1, -0.05) is 12.1 Å². The Balaban J connectivity index is 0.00000162. The number of aromatic nitrogens is 1. The predicted octanol–water partition coefficient (Wildman–Crippen LogP) is 2.53. The number of oxazole rings is 1. The van der Waals surface area contributed by atoms with Crippen molar-refractivity contribution in [3.05, 3.63) is 34.8 Å². The lowest BCUT2D eigenvalue weighted by Gasteiger charge is -2.17. The standard InChI is InChI=1S/C13H18N2O2.ClH/c1-13(2,14)8-5-9-15-10-6-3-4-7-11(10)17-12(15)16;/h3-4,6-7H,5,8-9,14H2,1-2H3;1H. The lowest BCUT2D eigenvalue weighted by atomic mass is 10.0. The minimum atomic E-state index is -0.291. The fraction of sp³-hybridized carbons (Fsp3) is 0.462. The van der Waals surface area contributed by atoms with Crippen molar-refractivity contribution in [1.29, 1.82) is 0 Å². The van der Waals surface area contributed by atoms with E-state index in [1.54, 1.807) is 10.6 Å². The molecule has 2 aromatic rings. The summed E-state index contributed by atoms with van der Waals surface area (Å²) in [6.07, 6.45) is 1.74. The maximum Gasteiger partial charge on any atom is 0.419 e. The van der Waals surface area contributed by atoms with Crippen molar-refractivity contribution in [2.75, 3.05) is 0 Å². The molecule has 0 saturated carbocycles. The molecule has 0 bridgehead atoms. The van der Waals surface area contributed by atoms with Gasteiger partial charge in [-0.05, 0) is 38.8 Å². The van der Waals surface area contributed by atoms with Crippen molar-refractivity contribution in [3.8, 4) is 0 Å². The summed E-state index contributed by atoms with van der Waals surface area (Å²) in [5.41, 5.74) is 7.22. The molecule has 0 fully saturated rings. The fourth-order valence-corrected chi connectivity index (χ4v) is 1.92. The van der Waals surface area contributed by atoms with E-state index in [1.165, 1.54) is 0 Å². The van der Waals surface area contributed by atoms with Gasteiger partial charge in [-0.2, -0.15) is 0 Å². The van der Waals surface area contributed by atoms with E-state index in [-0.39, 0.29) is 23.7 Å². The van der Waals surface area contributed by atoms with Gasteiger partial charge >= 0.3 is 5.76 Å². The Morgan fingerprint density at radius 3 is 2.67 bits per heavy atom. The number of halogens is 1. The zero-order valence-electron chi connectivity index (χ0n) is 10.7. The van der Waals surface area contributed by atoms with Crippen molar-refractivity contribution in [3.63, 3.8) is 0 Å². The van der Waals surface area contributed by atoms with Gasteiger partial charge < -0.3 is 10.2 Å². The second-order valence-electron chi connectivity index (χ2n) is 5.08. The van der Waals surface area contributed by atoms with Crippen LogP contribution in [0, 0.1) is 0 Å². The first-order valence-corrected chi connectivity index (χ1v) is 5.85. The highest BCUT2D eigenvalue weighted by Crippen LogP contribution is 2.14. The van der Waals surface area contributed by atoms with Crippen LogP contribution in [0.4, 0.5) is 0 Å². The van der Waals surface area contributed by atoms with E-state index in [1.807, 2.05) is 32.0 Å². The fourth-order valence-electron chi connectivity index (χ4n) is 1.92. The number of nitrogens with two attached hydrogens (primary N) is 1. The molecule has 1 heterocycles. The summed E-state index contributed by atoms with van der Waals surface area (Å²) in [5.74, 6) is -0.291. The first-order valence-electron chi connectivity index (χ1n) is 5.85. The molecule has 0 amide bonds. The number of nitrogens with zero attached hydrogens (tertiary/aromatic N) is 1. The Morgan fingerprint density at radius 1 is 1.33 bits per heavy atom. The van der Waals surface area contributed by atoms with Gasteiger partial charge in [0, 0.05) is 12.1 Å². The minimum absolute atomic E-state index is 0. The highest BCUT2D eigenvalue weighted by molar-refractivity contribution is 5.85. The van der Waals surface area contributed by atoms with Gasteiger partial charge in [-0.15, -0.1) is 12.4 Å². The molecule has 5 heteroatoms. The molecule has 0 saturated heterocycles. The van der Waals surface area contributed by atoms with Crippen molar-refractivity contribution >= 4 is 23.5 Å². The van der Waals surface area contributed by atoms with E-state index in [9.17, 15) is 4.79 Å². The third kappa shape index (κ3) is 3.37. The molecule has 2 N–H and O–H groups in total. The van der Waals surface area contributed by atoms with Crippen LogP contribution in [0.25, 0.3) is 11.1 Å². The molecular formula is C13H19ClN2O2. The van der Waals surface area contributed by atoms with Crippen LogP contribution in [0.1, 0.15) is 26.7 Å². The van der Waals surface area contributed by atoms with E-state index in [2.05, 4.69) is 0 Å². The monoisotopic (exact) mass is 270 g/mol. The Bertz CT molecular complexity index is 566. The molecule has 0 atom stereocenters. The number of aryl methyl sites for hydroxylation is 1. The minimum Gasteiger partial charge on any atom is -0.408 e. The number of benzene rings is 1. The molecule has 1 aromatic carbocycles. The molecule has 100 valence electrons. The molecule has 0 radical (unpaired) electrons. The molecule has 2 rings (SSSR count). The Hall–Kier alpha value is -1.26. The van der Waals surface area contributed by atoms with Crippen LogP contribution in [0.2, 0.25) is 0 Å². The summed E-state index contributed by atoms with van der Waals surface area (Å²) >= 11 is 0. The number of para-hydroxylation sites is 2. The average Bonchev–Trinajstić information content (AvgIpc) is 2.54. The van der Waals surface area contributed by atoms with Crippen molar-refractivity contribution in [2.45, 2.75) is 38.8 Å². The third-order valence-corrected chi connectivity index (χ3v) is 2.78. The van der Waals surface area contributed by atoms with Gasteiger partial charge in [-0.3, -0.25) is 4.57 Å². The normalized spacial score (nSPS) is 11.5. The van der Waals surface area contributed by atoms with Crippen LogP contribution in [0.5, 0.6) is 0 Å².